The molecule has 0 aliphatic heterocycles. The van der Waals surface area contributed by atoms with Gasteiger partial charge in [0.1, 0.15) is 0 Å². The summed E-state index contributed by atoms with van der Waals surface area (Å²) in [4.78, 5) is 0. The Kier molecular flexibility index (Phi) is 1.46. The van der Waals surface area contributed by atoms with E-state index in [2.05, 4.69) is 0 Å². The highest BCUT2D eigenvalue weighted by atomic mass is 19.4. The smallest absolute Gasteiger partial charge is 0.449 e. The second-order valence-electron chi connectivity index (χ2n) is 2.62. The molecule has 5 heteroatoms. The fourth-order valence-electron chi connectivity index (χ4n) is 1.02. The molecule has 9 heavy (non-hydrogen) atoms. The normalized spacial score (nSPS) is 36.0. The third-order valence-corrected chi connectivity index (χ3v) is 1.75. The molecule has 0 bridgehead atoms. The summed E-state index contributed by atoms with van der Waals surface area (Å²) in [5.74, 6) is -1.06. The van der Waals surface area contributed by atoms with E-state index in [4.69, 9.17) is 5.73 Å². The minimum atomic E-state index is -4.59. The first-order valence-electron chi connectivity index (χ1n) is 2.95. The van der Waals surface area contributed by atoms with Crippen LogP contribution in [0.2, 0.25) is 5.82 Å². The van der Waals surface area contributed by atoms with Crippen LogP contribution in [0.3, 0.4) is 0 Å². The highest BCUT2D eigenvalue weighted by molar-refractivity contribution is 6.60. The zero-order chi connectivity index (χ0) is 7.07. The summed E-state index contributed by atoms with van der Waals surface area (Å²) in [5.41, 5.74) is 5.18. The van der Waals surface area contributed by atoms with Crippen LogP contribution in [0.5, 0.6) is 0 Å². The summed E-state index contributed by atoms with van der Waals surface area (Å²) < 4.78 is 35.0. The first-order valence-corrected chi connectivity index (χ1v) is 2.95. The molecule has 54 valence electrons. The highest BCUT2D eigenvalue weighted by Crippen LogP contribution is 2.42. The van der Waals surface area contributed by atoms with Gasteiger partial charge in [0.2, 0.25) is 0 Å². The van der Waals surface area contributed by atoms with E-state index in [-0.39, 0.29) is 18.9 Å². The van der Waals surface area contributed by atoms with E-state index in [0.717, 1.165) is 0 Å². The number of halogens is 3. The second kappa shape index (κ2) is 1.90. The summed E-state index contributed by atoms with van der Waals surface area (Å²) in [7, 11) is 0. The van der Waals surface area contributed by atoms with Crippen LogP contribution < -0.4 is 5.73 Å². The van der Waals surface area contributed by atoms with Crippen LogP contribution in [0.25, 0.3) is 0 Å². The molecule has 0 aromatic heterocycles. The Bertz CT molecular complexity index is 107. The summed E-state index contributed by atoms with van der Waals surface area (Å²) in [5, 5.41) is 0. The van der Waals surface area contributed by atoms with E-state index in [9.17, 15) is 12.9 Å². The van der Waals surface area contributed by atoms with Crippen molar-refractivity contribution in [1.29, 1.82) is 0 Å². The first kappa shape index (κ1) is 6.93. The van der Waals surface area contributed by atoms with E-state index >= 15 is 0 Å². The molecule has 0 unspecified atom stereocenters. The molecule has 0 radical (unpaired) electrons. The van der Waals surface area contributed by atoms with Gasteiger partial charge in [0, 0.05) is 0 Å². The molecule has 0 heterocycles. The Morgan fingerprint density at radius 1 is 1.22 bits per heavy atom. The summed E-state index contributed by atoms with van der Waals surface area (Å²) in [6.45, 7) is -4.59. The lowest BCUT2D eigenvalue weighted by atomic mass is 9.59. The number of hydrogen-bond donors (Lipinski definition) is 1. The van der Waals surface area contributed by atoms with Gasteiger partial charge in [0.15, 0.2) is 0 Å². The molecule has 0 amide bonds. The van der Waals surface area contributed by atoms with Crippen LogP contribution in [-0.4, -0.2) is 13.0 Å². The number of nitrogens with two attached hydrogens (primary N) is 1. The van der Waals surface area contributed by atoms with Crippen molar-refractivity contribution in [3.63, 3.8) is 0 Å². The van der Waals surface area contributed by atoms with Crippen molar-refractivity contribution in [3.05, 3.63) is 0 Å². The molecule has 1 aliphatic carbocycles. The molecule has 0 spiro atoms. The third kappa shape index (κ3) is 1.38. The van der Waals surface area contributed by atoms with E-state index in [1.807, 2.05) is 0 Å². The maximum atomic E-state index is 11.7. The van der Waals surface area contributed by atoms with Crippen LogP contribution in [-0.2, 0) is 0 Å². The Hall–Kier alpha value is -0.185. The number of rotatable bonds is 1. The first-order chi connectivity index (χ1) is 4.00. The van der Waals surface area contributed by atoms with Crippen molar-refractivity contribution >= 4 is 6.98 Å². The lowest BCUT2D eigenvalue weighted by Crippen LogP contribution is -2.42. The maximum absolute atomic E-state index is 11.7. The third-order valence-electron chi connectivity index (χ3n) is 1.75. The molecule has 1 nitrogen and oxygen atoms in total. The van der Waals surface area contributed by atoms with Crippen molar-refractivity contribution in [2.45, 2.75) is 24.7 Å². The lowest BCUT2D eigenvalue weighted by Gasteiger charge is -2.39. The van der Waals surface area contributed by atoms with Crippen molar-refractivity contribution in [2.24, 2.45) is 5.73 Å². The largest absolute Gasteiger partial charge is 0.481 e. The molecule has 2 N–H and O–H groups in total. The van der Waals surface area contributed by atoms with Gasteiger partial charge in [-0.25, -0.2) is 0 Å². The van der Waals surface area contributed by atoms with Gasteiger partial charge in [0.25, 0.3) is 0 Å². The summed E-state index contributed by atoms with van der Waals surface area (Å²) in [6.07, 6.45) is 0.285. The summed E-state index contributed by atoms with van der Waals surface area (Å²) in [6, 6.07) is -0.196. The Balaban J connectivity index is 2.32. The Labute approximate surface area is 51.5 Å². The molecule has 0 aromatic carbocycles. The predicted octanol–water partition coefficient (Wildman–Crippen LogP) is 1.33. The van der Waals surface area contributed by atoms with Crippen molar-refractivity contribution < 1.29 is 12.9 Å². The van der Waals surface area contributed by atoms with Gasteiger partial charge in [-0.3, -0.25) is 0 Å². The minimum Gasteiger partial charge on any atom is -0.449 e. The van der Waals surface area contributed by atoms with Gasteiger partial charge in [0.05, 0.1) is 0 Å². The minimum absolute atomic E-state index is 0.142. The zero-order valence-electron chi connectivity index (χ0n) is 4.86. The van der Waals surface area contributed by atoms with Gasteiger partial charge in [-0.15, -0.1) is 0 Å². The fraction of sp³-hybridized carbons (Fsp3) is 1.00. The van der Waals surface area contributed by atoms with Gasteiger partial charge in [-0.2, -0.15) is 0 Å². The van der Waals surface area contributed by atoms with Crippen LogP contribution >= 0.6 is 0 Å². The van der Waals surface area contributed by atoms with Crippen molar-refractivity contribution in [3.8, 4) is 0 Å². The van der Waals surface area contributed by atoms with Gasteiger partial charge in [-0.05, 0) is 6.04 Å². The summed E-state index contributed by atoms with van der Waals surface area (Å²) >= 11 is 0. The van der Waals surface area contributed by atoms with Gasteiger partial charge >= 0.3 is 6.98 Å². The quantitative estimate of drug-likeness (QED) is 0.543. The molecule has 1 rings (SSSR count). The highest BCUT2D eigenvalue weighted by Gasteiger charge is 2.41. The molecule has 0 aromatic rings. The molecule has 1 fully saturated rings. The monoisotopic (exact) mass is 138 g/mol. The van der Waals surface area contributed by atoms with Gasteiger partial charge < -0.3 is 18.7 Å². The fourth-order valence-corrected chi connectivity index (χ4v) is 1.02. The Morgan fingerprint density at radius 3 is 1.78 bits per heavy atom. The van der Waals surface area contributed by atoms with Crippen molar-refractivity contribution in [1.82, 2.24) is 0 Å². The predicted molar refractivity (Wildman–Crippen MR) is 30.0 cm³/mol. The molecule has 0 saturated heterocycles. The topological polar surface area (TPSA) is 26.0 Å². The molecular weight excluding hydrogens is 130 g/mol. The van der Waals surface area contributed by atoms with Crippen LogP contribution in [0.15, 0.2) is 0 Å². The van der Waals surface area contributed by atoms with Crippen LogP contribution in [0.4, 0.5) is 12.9 Å². The lowest BCUT2D eigenvalue weighted by molar-refractivity contribution is 0.319. The van der Waals surface area contributed by atoms with E-state index in [1.165, 1.54) is 0 Å². The molecule has 1 aliphatic rings. The molecule has 0 atom stereocenters. The average molecular weight is 138 g/mol. The SMILES string of the molecule is NC1CC([B-](F)(F)F)C1. The van der Waals surface area contributed by atoms with E-state index in [0.29, 0.717) is 0 Å². The van der Waals surface area contributed by atoms with E-state index in [1.54, 1.807) is 0 Å². The van der Waals surface area contributed by atoms with Gasteiger partial charge in [-0.1, -0.05) is 18.7 Å². The maximum Gasteiger partial charge on any atom is 0.481 e. The van der Waals surface area contributed by atoms with Crippen LogP contribution in [0, 0.1) is 0 Å². The Morgan fingerprint density at radius 2 is 1.67 bits per heavy atom. The van der Waals surface area contributed by atoms with Crippen molar-refractivity contribution in [2.75, 3.05) is 0 Å². The van der Waals surface area contributed by atoms with E-state index < -0.39 is 12.8 Å². The zero-order valence-corrected chi connectivity index (χ0v) is 4.86. The second-order valence-corrected chi connectivity index (χ2v) is 2.62. The average Bonchev–Trinajstić information content (AvgIpc) is 1.55. The van der Waals surface area contributed by atoms with Crippen LogP contribution in [0.1, 0.15) is 12.8 Å². The molecule has 1 saturated carbocycles. The standard InChI is InChI=1S/C4H8BF3N/c6-5(7,8)3-1-4(9)2-3/h3-4H,1-2,9H2/q-1. The molecular formula is C4H8BF3N-. The number of hydrogen-bond acceptors (Lipinski definition) is 1.